The fourth-order valence-electron chi connectivity index (χ4n) is 1.45. The molecule has 1 atom stereocenters. The van der Waals surface area contributed by atoms with Gasteiger partial charge in [0.2, 0.25) is 5.91 Å². The molecule has 0 aromatic heterocycles. The molecular weight excluding hydrogens is 315 g/mol. The number of hydrogen-bond donors (Lipinski definition) is 2. The number of amides is 1. The monoisotopic (exact) mass is 332 g/mol. The molecule has 4 nitrogen and oxygen atoms in total. The van der Waals surface area contributed by atoms with E-state index in [0.29, 0.717) is 29.7 Å². The summed E-state index contributed by atoms with van der Waals surface area (Å²) in [4.78, 5) is 11.6. The summed E-state index contributed by atoms with van der Waals surface area (Å²) in [7, 11) is 1.57. The van der Waals surface area contributed by atoms with Gasteiger partial charge in [-0.2, -0.15) is 0 Å². The van der Waals surface area contributed by atoms with Gasteiger partial charge < -0.3 is 15.4 Å². The van der Waals surface area contributed by atoms with Gasteiger partial charge in [-0.15, -0.1) is 0 Å². The summed E-state index contributed by atoms with van der Waals surface area (Å²) >= 11 is 3.20. The van der Waals surface area contributed by atoms with E-state index in [2.05, 4.69) is 26.6 Å². The number of benzene rings is 1. The van der Waals surface area contributed by atoms with E-state index < -0.39 is 0 Å². The molecule has 0 radical (unpaired) electrons. The third-order valence-electron chi connectivity index (χ3n) is 2.61. The topological polar surface area (TPSA) is 50.4 Å². The first-order valence-corrected chi connectivity index (χ1v) is 6.78. The average molecular weight is 333 g/mol. The SMILES string of the molecule is COCCNC(=O)C(C)NCc1ccc(Br)cc1F. The molecular formula is C13H18BrFN2O2. The van der Waals surface area contributed by atoms with Gasteiger partial charge >= 0.3 is 0 Å². The Kier molecular flexibility index (Phi) is 6.97. The van der Waals surface area contributed by atoms with Gasteiger partial charge in [0, 0.05) is 30.2 Å². The summed E-state index contributed by atoms with van der Waals surface area (Å²) in [5, 5.41) is 5.69. The number of methoxy groups -OCH3 is 1. The lowest BCUT2D eigenvalue weighted by Gasteiger charge is -2.14. The molecule has 6 heteroatoms. The van der Waals surface area contributed by atoms with Crippen molar-refractivity contribution in [2.75, 3.05) is 20.3 Å². The van der Waals surface area contributed by atoms with Crippen LogP contribution in [0.15, 0.2) is 22.7 Å². The van der Waals surface area contributed by atoms with Crippen LogP contribution in [0.25, 0.3) is 0 Å². The van der Waals surface area contributed by atoms with Crippen molar-refractivity contribution < 1.29 is 13.9 Å². The molecule has 0 aliphatic heterocycles. The van der Waals surface area contributed by atoms with Crippen LogP contribution in [-0.4, -0.2) is 32.2 Å². The molecule has 106 valence electrons. The minimum Gasteiger partial charge on any atom is -0.383 e. The van der Waals surface area contributed by atoms with Crippen LogP contribution in [0.2, 0.25) is 0 Å². The molecule has 1 unspecified atom stereocenters. The minimum absolute atomic E-state index is 0.130. The molecule has 0 heterocycles. The zero-order valence-corrected chi connectivity index (χ0v) is 12.6. The van der Waals surface area contributed by atoms with Gasteiger partial charge in [0.1, 0.15) is 5.82 Å². The Labute approximate surface area is 120 Å². The van der Waals surface area contributed by atoms with Crippen LogP contribution in [0, 0.1) is 5.82 Å². The molecule has 19 heavy (non-hydrogen) atoms. The summed E-state index contributed by atoms with van der Waals surface area (Å²) in [5.41, 5.74) is 0.528. The quantitative estimate of drug-likeness (QED) is 0.749. The van der Waals surface area contributed by atoms with Crippen LogP contribution in [0.1, 0.15) is 12.5 Å². The summed E-state index contributed by atoms with van der Waals surface area (Å²) in [5.74, 6) is -0.427. The molecule has 0 bridgehead atoms. The molecule has 0 saturated carbocycles. The minimum atomic E-state index is -0.389. The number of rotatable bonds is 7. The predicted octanol–water partition coefficient (Wildman–Crippen LogP) is 1.83. The maximum Gasteiger partial charge on any atom is 0.236 e. The first-order chi connectivity index (χ1) is 9.04. The van der Waals surface area contributed by atoms with Crippen molar-refractivity contribution in [2.45, 2.75) is 19.5 Å². The van der Waals surface area contributed by atoms with Gasteiger partial charge in [-0.25, -0.2) is 4.39 Å². The largest absolute Gasteiger partial charge is 0.383 e. The number of halogens is 2. The molecule has 0 aliphatic carbocycles. The Hall–Kier alpha value is -0.980. The normalized spacial score (nSPS) is 12.2. The summed E-state index contributed by atoms with van der Waals surface area (Å²) in [6.07, 6.45) is 0. The highest BCUT2D eigenvalue weighted by atomic mass is 79.9. The van der Waals surface area contributed by atoms with E-state index in [1.807, 2.05) is 0 Å². The van der Waals surface area contributed by atoms with Crippen LogP contribution in [0.5, 0.6) is 0 Å². The second kappa shape index (κ2) is 8.24. The Morgan fingerprint density at radius 2 is 2.26 bits per heavy atom. The van der Waals surface area contributed by atoms with Crippen molar-refractivity contribution in [1.82, 2.24) is 10.6 Å². The van der Waals surface area contributed by atoms with Crippen molar-refractivity contribution in [3.8, 4) is 0 Å². The molecule has 0 fully saturated rings. The lowest BCUT2D eigenvalue weighted by Crippen LogP contribution is -2.42. The van der Waals surface area contributed by atoms with E-state index in [0.717, 1.165) is 0 Å². The lowest BCUT2D eigenvalue weighted by atomic mass is 10.2. The zero-order chi connectivity index (χ0) is 14.3. The molecule has 1 rings (SSSR count). The van der Waals surface area contributed by atoms with Gasteiger partial charge in [0.05, 0.1) is 12.6 Å². The van der Waals surface area contributed by atoms with Crippen LogP contribution in [0.3, 0.4) is 0 Å². The highest BCUT2D eigenvalue weighted by molar-refractivity contribution is 9.10. The van der Waals surface area contributed by atoms with Crippen molar-refractivity contribution >= 4 is 21.8 Å². The van der Waals surface area contributed by atoms with Crippen molar-refractivity contribution in [3.05, 3.63) is 34.1 Å². The van der Waals surface area contributed by atoms with Gasteiger partial charge in [-0.1, -0.05) is 22.0 Å². The highest BCUT2D eigenvalue weighted by Gasteiger charge is 2.12. The number of ether oxygens (including phenoxy) is 1. The van der Waals surface area contributed by atoms with E-state index in [4.69, 9.17) is 4.74 Å². The summed E-state index contributed by atoms with van der Waals surface area (Å²) in [6, 6.07) is 4.46. The third kappa shape index (κ3) is 5.67. The molecule has 2 N–H and O–H groups in total. The Bertz CT molecular complexity index is 429. The van der Waals surface area contributed by atoms with Crippen molar-refractivity contribution in [3.63, 3.8) is 0 Å². The maximum absolute atomic E-state index is 13.6. The van der Waals surface area contributed by atoms with Crippen molar-refractivity contribution in [1.29, 1.82) is 0 Å². The second-order valence-electron chi connectivity index (χ2n) is 4.12. The predicted molar refractivity (Wildman–Crippen MR) is 75.3 cm³/mol. The molecule has 0 aliphatic rings. The summed E-state index contributed by atoms with van der Waals surface area (Å²) < 4.78 is 19.1. The van der Waals surface area contributed by atoms with Gasteiger partial charge in [-0.3, -0.25) is 4.79 Å². The van der Waals surface area contributed by atoms with Crippen molar-refractivity contribution in [2.24, 2.45) is 0 Å². The summed E-state index contributed by atoms with van der Waals surface area (Å²) in [6.45, 7) is 2.98. The Morgan fingerprint density at radius 1 is 1.53 bits per heavy atom. The second-order valence-corrected chi connectivity index (χ2v) is 5.04. The van der Waals surface area contributed by atoms with Crippen LogP contribution >= 0.6 is 15.9 Å². The molecule has 1 aromatic carbocycles. The molecule has 0 spiro atoms. The van der Waals surface area contributed by atoms with Crippen LogP contribution < -0.4 is 10.6 Å². The fraction of sp³-hybridized carbons (Fsp3) is 0.462. The number of nitrogens with one attached hydrogen (secondary N) is 2. The van der Waals surface area contributed by atoms with Crippen LogP contribution in [-0.2, 0) is 16.1 Å². The highest BCUT2D eigenvalue weighted by Crippen LogP contribution is 2.15. The van der Waals surface area contributed by atoms with Gasteiger partial charge in [-0.05, 0) is 19.1 Å². The van der Waals surface area contributed by atoms with Gasteiger partial charge in [0.25, 0.3) is 0 Å². The lowest BCUT2D eigenvalue weighted by molar-refractivity contribution is -0.123. The van der Waals surface area contributed by atoms with Crippen LogP contribution in [0.4, 0.5) is 4.39 Å². The first-order valence-electron chi connectivity index (χ1n) is 5.98. The van der Waals surface area contributed by atoms with E-state index in [1.54, 1.807) is 26.2 Å². The average Bonchev–Trinajstić information content (AvgIpc) is 2.37. The Morgan fingerprint density at radius 3 is 2.89 bits per heavy atom. The first kappa shape index (κ1) is 16.1. The number of carbonyl (C=O) groups is 1. The van der Waals surface area contributed by atoms with E-state index >= 15 is 0 Å². The molecule has 1 amide bonds. The van der Waals surface area contributed by atoms with E-state index in [9.17, 15) is 9.18 Å². The van der Waals surface area contributed by atoms with E-state index in [-0.39, 0.29) is 17.8 Å². The fourth-order valence-corrected chi connectivity index (χ4v) is 1.78. The Balaban J connectivity index is 2.40. The number of hydrogen-bond acceptors (Lipinski definition) is 3. The van der Waals surface area contributed by atoms with E-state index in [1.165, 1.54) is 6.07 Å². The third-order valence-corrected chi connectivity index (χ3v) is 3.11. The van der Waals surface area contributed by atoms with Gasteiger partial charge in [0.15, 0.2) is 0 Å². The number of carbonyl (C=O) groups excluding carboxylic acids is 1. The smallest absolute Gasteiger partial charge is 0.236 e. The zero-order valence-electron chi connectivity index (χ0n) is 11.0. The molecule has 0 saturated heterocycles. The standard InChI is InChI=1S/C13H18BrFN2O2/c1-9(13(18)16-5-6-19-2)17-8-10-3-4-11(14)7-12(10)15/h3-4,7,9,17H,5-6,8H2,1-2H3,(H,16,18). The maximum atomic E-state index is 13.6. The molecule has 1 aromatic rings.